The van der Waals surface area contributed by atoms with Gasteiger partial charge < -0.3 is 5.32 Å². The summed E-state index contributed by atoms with van der Waals surface area (Å²) in [6.45, 7) is 2.63. The molecule has 0 aliphatic rings. The lowest BCUT2D eigenvalue weighted by molar-refractivity contribution is 0.581. The number of rotatable bonds is 7. The molecule has 0 amide bonds. The van der Waals surface area contributed by atoms with E-state index in [2.05, 4.69) is 30.2 Å². The van der Waals surface area contributed by atoms with Crippen molar-refractivity contribution in [3.63, 3.8) is 0 Å². The number of fused-ring (bicyclic) bond motifs is 1. The van der Waals surface area contributed by atoms with Gasteiger partial charge in [-0.05, 0) is 13.3 Å². The molecule has 104 valence electrons. The molecule has 0 atom stereocenters. The topological polar surface area (TPSA) is 113 Å². The molecule has 0 fully saturated rings. The van der Waals surface area contributed by atoms with Gasteiger partial charge >= 0.3 is 0 Å². The zero-order valence-corrected chi connectivity index (χ0v) is 11.4. The maximum Gasteiger partial charge on any atom is 0.211 e. The van der Waals surface area contributed by atoms with Crippen LogP contribution in [0.4, 0.5) is 5.82 Å². The molecule has 2 aromatic rings. The normalized spacial score (nSPS) is 11.8. The van der Waals surface area contributed by atoms with E-state index in [-0.39, 0.29) is 5.75 Å². The maximum absolute atomic E-state index is 11.2. The molecule has 2 rings (SSSR count). The van der Waals surface area contributed by atoms with Crippen molar-refractivity contribution in [2.75, 3.05) is 24.2 Å². The van der Waals surface area contributed by atoms with E-state index in [9.17, 15) is 8.42 Å². The Morgan fingerprint density at radius 1 is 1.32 bits per heavy atom. The Bertz CT molecular complexity index is 638. The Morgan fingerprint density at radius 2 is 2.16 bits per heavy atom. The van der Waals surface area contributed by atoms with Crippen molar-refractivity contribution in [1.29, 1.82) is 0 Å². The number of nitrogens with one attached hydrogen (secondary N) is 3. The number of anilines is 1. The van der Waals surface area contributed by atoms with Gasteiger partial charge in [-0.2, -0.15) is 5.10 Å². The summed E-state index contributed by atoms with van der Waals surface area (Å²) in [4.78, 5) is 8.15. The van der Waals surface area contributed by atoms with Crippen molar-refractivity contribution in [1.82, 2.24) is 24.9 Å². The van der Waals surface area contributed by atoms with Crippen LogP contribution in [0.15, 0.2) is 12.5 Å². The molecule has 0 spiro atoms. The van der Waals surface area contributed by atoms with Crippen LogP contribution in [0.5, 0.6) is 0 Å². The Morgan fingerprint density at radius 3 is 2.95 bits per heavy atom. The molecular formula is C10H16N6O2S. The fraction of sp³-hybridized carbons (Fsp3) is 0.500. The number of H-pyrrole nitrogens is 1. The molecule has 0 radical (unpaired) electrons. The van der Waals surface area contributed by atoms with E-state index >= 15 is 0 Å². The second kappa shape index (κ2) is 5.93. The smallest absolute Gasteiger partial charge is 0.211 e. The predicted octanol–water partition coefficient (Wildman–Crippen LogP) is 0.0942. The third kappa shape index (κ3) is 3.61. The van der Waals surface area contributed by atoms with Gasteiger partial charge in [-0.1, -0.05) is 0 Å². The number of hydrogen-bond donors (Lipinski definition) is 3. The lowest BCUT2D eigenvalue weighted by Crippen LogP contribution is -2.27. The van der Waals surface area contributed by atoms with Crippen LogP contribution >= 0.6 is 0 Å². The summed E-state index contributed by atoms with van der Waals surface area (Å²) in [5.74, 6) is 0.791. The summed E-state index contributed by atoms with van der Waals surface area (Å²) < 4.78 is 24.9. The molecule has 8 nitrogen and oxygen atoms in total. The lowest BCUT2D eigenvalue weighted by Gasteiger charge is -2.07. The number of aromatic amines is 1. The van der Waals surface area contributed by atoms with Crippen molar-refractivity contribution in [3.8, 4) is 0 Å². The Kier molecular flexibility index (Phi) is 4.27. The first kappa shape index (κ1) is 13.7. The van der Waals surface area contributed by atoms with Crippen LogP contribution in [0.2, 0.25) is 0 Å². The summed E-state index contributed by atoms with van der Waals surface area (Å²) >= 11 is 0. The van der Waals surface area contributed by atoms with Crippen LogP contribution in [0.25, 0.3) is 11.0 Å². The molecule has 0 unspecified atom stereocenters. The molecule has 0 saturated heterocycles. The standard InChI is InChI=1S/C10H16N6O2S/c1-2-19(17,18)15-5-3-4-11-9-8-6-14-16-10(8)13-7-12-9/h6-7,15H,2-5H2,1H3,(H2,11,12,13,14,16). The van der Waals surface area contributed by atoms with Gasteiger partial charge in [0.15, 0.2) is 5.65 Å². The minimum absolute atomic E-state index is 0.0992. The van der Waals surface area contributed by atoms with E-state index < -0.39 is 10.0 Å². The molecule has 0 saturated carbocycles. The molecule has 19 heavy (non-hydrogen) atoms. The predicted molar refractivity (Wildman–Crippen MR) is 72.3 cm³/mol. The first-order chi connectivity index (χ1) is 9.12. The number of nitrogens with zero attached hydrogens (tertiary/aromatic N) is 3. The summed E-state index contributed by atoms with van der Waals surface area (Å²) in [7, 11) is -3.11. The quantitative estimate of drug-likeness (QED) is 0.621. The van der Waals surface area contributed by atoms with Crippen molar-refractivity contribution in [2.45, 2.75) is 13.3 Å². The van der Waals surface area contributed by atoms with Gasteiger partial charge in [-0.15, -0.1) is 0 Å². The summed E-state index contributed by atoms with van der Waals surface area (Å²) in [5, 5.41) is 10.6. The molecule has 2 heterocycles. The highest BCUT2D eigenvalue weighted by Gasteiger charge is 2.06. The van der Waals surface area contributed by atoms with Crippen molar-refractivity contribution < 1.29 is 8.42 Å². The largest absolute Gasteiger partial charge is 0.369 e. The highest BCUT2D eigenvalue weighted by Crippen LogP contribution is 2.15. The molecule has 0 bridgehead atoms. The van der Waals surface area contributed by atoms with E-state index in [0.717, 1.165) is 5.39 Å². The Hall–Kier alpha value is -1.74. The van der Waals surface area contributed by atoms with E-state index in [0.29, 0.717) is 31.0 Å². The summed E-state index contributed by atoms with van der Waals surface area (Å²) in [6, 6.07) is 0. The second-order valence-electron chi connectivity index (χ2n) is 3.93. The molecule has 9 heteroatoms. The molecular weight excluding hydrogens is 268 g/mol. The highest BCUT2D eigenvalue weighted by molar-refractivity contribution is 7.89. The van der Waals surface area contributed by atoms with Crippen LogP contribution in [-0.2, 0) is 10.0 Å². The third-order valence-electron chi connectivity index (χ3n) is 2.60. The van der Waals surface area contributed by atoms with Gasteiger partial charge in [0.2, 0.25) is 10.0 Å². The van der Waals surface area contributed by atoms with Gasteiger partial charge in [0, 0.05) is 13.1 Å². The second-order valence-corrected chi connectivity index (χ2v) is 6.03. The van der Waals surface area contributed by atoms with E-state index in [1.165, 1.54) is 6.33 Å². The van der Waals surface area contributed by atoms with Gasteiger partial charge in [-0.25, -0.2) is 23.1 Å². The van der Waals surface area contributed by atoms with Gasteiger partial charge in [0.05, 0.1) is 17.3 Å². The zero-order chi connectivity index (χ0) is 13.7. The minimum atomic E-state index is -3.11. The lowest BCUT2D eigenvalue weighted by atomic mass is 10.3. The fourth-order valence-electron chi connectivity index (χ4n) is 1.53. The van der Waals surface area contributed by atoms with Crippen LogP contribution in [0, 0.1) is 0 Å². The first-order valence-corrected chi connectivity index (χ1v) is 7.63. The zero-order valence-electron chi connectivity index (χ0n) is 10.5. The summed E-state index contributed by atoms with van der Waals surface area (Å²) in [5.41, 5.74) is 0.671. The number of sulfonamides is 1. The van der Waals surface area contributed by atoms with Crippen LogP contribution in [-0.4, -0.2) is 47.4 Å². The van der Waals surface area contributed by atoms with Gasteiger partial charge in [0.25, 0.3) is 0 Å². The maximum atomic E-state index is 11.2. The molecule has 0 aromatic carbocycles. The minimum Gasteiger partial charge on any atom is -0.369 e. The fourth-order valence-corrected chi connectivity index (χ4v) is 2.19. The van der Waals surface area contributed by atoms with Crippen molar-refractivity contribution in [2.24, 2.45) is 0 Å². The van der Waals surface area contributed by atoms with E-state index in [1.54, 1.807) is 13.1 Å². The number of aromatic nitrogens is 4. The molecule has 0 aliphatic carbocycles. The molecule has 3 N–H and O–H groups in total. The van der Waals surface area contributed by atoms with Crippen molar-refractivity contribution >= 4 is 26.9 Å². The highest BCUT2D eigenvalue weighted by atomic mass is 32.2. The number of hydrogen-bond acceptors (Lipinski definition) is 6. The van der Waals surface area contributed by atoms with Crippen molar-refractivity contribution in [3.05, 3.63) is 12.5 Å². The SMILES string of the molecule is CCS(=O)(=O)NCCCNc1ncnc2[nH]ncc12. The third-order valence-corrected chi connectivity index (χ3v) is 4.00. The van der Waals surface area contributed by atoms with Crippen LogP contribution in [0.1, 0.15) is 13.3 Å². The Labute approximate surface area is 111 Å². The summed E-state index contributed by atoms with van der Waals surface area (Å²) in [6.07, 6.45) is 3.77. The Balaban J connectivity index is 1.82. The average molecular weight is 284 g/mol. The molecule has 2 aromatic heterocycles. The van der Waals surface area contributed by atoms with Crippen LogP contribution in [0.3, 0.4) is 0 Å². The molecule has 0 aliphatic heterocycles. The van der Waals surface area contributed by atoms with E-state index in [1.807, 2.05) is 0 Å². The van der Waals surface area contributed by atoms with Gasteiger partial charge in [-0.3, -0.25) is 5.10 Å². The van der Waals surface area contributed by atoms with Gasteiger partial charge in [0.1, 0.15) is 12.1 Å². The first-order valence-electron chi connectivity index (χ1n) is 5.97. The van der Waals surface area contributed by atoms with Crippen LogP contribution < -0.4 is 10.0 Å². The average Bonchev–Trinajstić information content (AvgIpc) is 2.87. The van der Waals surface area contributed by atoms with E-state index in [4.69, 9.17) is 0 Å². The monoisotopic (exact) mass is 284 g/mol.